The summed E-state index contributed by atoms with van der Waals surface area (Å²) >= 11 is 0. The average molecular weight is 385 g/mol. The molecule has 1 spiro atoms. The molecule has 1 amide bonds. The van der Waals surface area contributed by atoms with Gasteiger partial charge >= 0.3 is 0 Å². The van der Waals surface area contributed by atoms with Gasteiger partial charge in [0.25, 0.3) is 0 Å². The largest absolute Gasteiger partial charge is 0.353 e. The molecule has 148 valence electrons. The first kappa shape index (κ1) is 20.7. The van der Waals surface area contributed by atoms with Crippen molar-refractivity contribution in [1.29, 1.82) is 0 Å². The Hall–Kier alpha value is -1.57. The van der Waals surface area contributed by atoms with Gasteiger partial charge in [0.2, 0.25) is 5.91 Å². The molecule has 0 aromatic rings. The molecule has 0 aromatic heterocycles. The fourth-order valence-electron chi connectivity index (χ4n) is 3.60. The van der Waals surface area contributed by atoms with Crippen LogP contribution in [0.1, 0.15) is 39.0 Å². The Bertz CT molecular complexity index is 664. The molecule has 1 heterocycles. The van der Waals surface area contributed by atoms with Crippen LogP contribution in [0.4, 0.5) is 0 Å². The third-order valence-electron chi connectivity index (χ3n) is 5.24. The first-order valence-electron chi connectivity index (χ1n) is 9.27. The minimum absolute atomic E-state index is 0.0434. The molecule has 1 N–H and O–H groups in total. The van der Waals surface area contributed by atoms with Gasteiger partial charge in [0.05, 0.1) is 10.5 Å². The Morgan fingerprint density at radius 2 is 1.92 bits per heavy atom. The SMILES string of the molecule is C=C(C)CNC(=NCC(=O)N(C)C)N1CCS(=O)(=O)C2(CCCCC2)C1. The summed E-state index contributed by atoms with van der Waals surface area (Å²) < 4.78 is 24.9. The highest BCUT2D eigenvalue weighted by atomic mass is 32.2. The number of carbonyl (C=O) groups excluding carboxylic acids is 1. The van der Waals surface area contributed by atoms with Crippen LogP contribution in [0.5, 0.6) is 0 Å². The number of amides is 1. The van der Waals surface area contributed by atoms with Crippen LogP contribution in [0.3, 0.4) is 0 Å². The van der Waals surface area contributed by atoms with Crippen LogP contribution in [0.15, 0.2) is 17.1 Å². The van der Waals surface area contributed by atoms with Gasteiger partial charge in [-0.25, -0.2) is 13.4 Å². The van der Waals surface area contributed by atoms with Crippen molar-refractivity contribution in [3.8, 4) is 0 Å². The summed E-state index contributed by atoms with van der Waals surface area (Å²) in [4.78, 5) is 19.9. The van der Waals surface area contributed by atoms with E-state index in [2.05, 4.69) is 16.9 Å². The lowest BCUT2D eigenvalue weighted by Gasteiger charge is -2.45. The standard InChI is InChI=1S/C18H32N4O3S/c1-15(2)12-19-17(20-13-16(23)21(3)4)22-10-11-26(24,25)18(14-22)8-6-5-7-9-18/h1,5-14H2,2-4H3,(H,19,20). The number of likely N-dealkylation sites (N-methyl/N-ethyl adjacent to an activating group) is 1. The maximum Gasteiger partial charge on any atom is 0.243 e. The van der Waals surface area contributed by atoms with E-state index in [4.69, 9.17) is 0 Å². The number of nitrogens with one attached hydrogen (secondary N) is 1. The smallest absolute Gasteiger partial charge is 0.243 e. The summed E-state index contributed by atoms with van der Waals surface area (Å²) in [5.74, 6) is 0.655. The van der Waals surface area contributed by atoms with Gasteiger partial charge in [-0.2, -0.15) is 0 Å². The molecule has 0 atom stereocenters. The number of hydrogen-bond acceptors (Lipinski definition) is 4. The van der Waals surface area contributed by atoms with Crippen LogP contribution in [0.25, 0.3) is 0 Å². The Morgan fingerprint density at radius 3 is 2.50 bits per heavy atom. The summed E-state index contributed by atoms with van der Waals surface area (Å²) in [5.41, 5.74) is 0.952. The van der Waals surface area contributed by atoms with Crippen LogP contribution in [-0.2, 0) is 14.6 Å². The van der Waals surface area contributed by atoms with E-state index in [0.717, 1.165) is 37.7 Å². The molecule has 1 saturated carbocycles. The molecule has 1 aliphatic heterocycles. The predicted molar refractivity (Wildman–Crippen MR) is 105 cm³/mol. The fourth-order valence-corrected chi connectivity index (χ4v) is 5.76. The van der Waals surface area contributed by atoms with Gasteiger partial charge in [-0.05, 0) is 19.8 Å². The average Bonchev–Trinajstić information content (AvgIpc) is 2.58. The maximum absolute atomic E-state index is 12.8. The third kappa shape index (κ3) is 4.78. The molecular weight excluding hydrogens is 352 g/mol. The highest BCUT2D eigenvalue weighted by Gasteiger charge is 2.48. The van der Waals surface area contributed by atoms with Gasteiger partial charge in [0, 0.05) is 33.7 Å². The number of aliphatic imine (C=N–C) groups is 1. The van der Waals surface area contributed by atoms with E-state index in [1.807, 2.05) is 11.8 Å². The van der Waals surface area contributed by atoms with Crippen molar-refractivity contribution in [1.82, 2.24) is 15.1 Å². The van der Waals surface area contributed by atoms with Crippen molar-refractivity contribution < 1.29 is 13.2 Å². The van der Waals surface area contributed by atoms with Crippen LogP contribution >= 0.6 is 0 Å². The third-order valence-corrected chi connectivity index (χ3v) is 7.82. The number of guanidine groups is 1. The first-order valence-corrected chi connectivity index (χ1v) is 10.9. The minimum Gasteiger partial charge on any atom is -0.353 e. The van der Waals surface area contributed by atoms with Crippen LogP contribution in [0.2, 0.25) is 0 Å². The zero-order chi connectivity index (χ0) is 19.4. The molecule has 7 nitrogen and oxygen atoms in total. The quantitative estimate of drug-likeness (QED) is 0.445. The Labute approximate surface area is 157 Å². The molecule has 1 aliphatic carbocycles. The molecule has 8 heteroatoms. The molecular formula is C18H32N4O3S. The molecule has 2 rings (SSSR count). The van der Waals surface area contributed by atoms with Crippen molar-refractivity contribution in [3.63, 3.8) is 0 Å². The van der Waals surface area contributed by atoms with Crippen molar-refractivity contribution >= 4 is 21.7 Å². The van der Waals surface area contributed by atoms with E-state index < -0.39 is 14.6 Å². The number of nitrogens with zero attached hydrogens (tertiary/aromatic N) is 3. The lowest BCUT2D eigenvalue weighted by molar-refractivity contribution is -0.127. The van der Waals surface area contributed by atoms with Gasteiger partial charge in [0.1, 0.15) is 6.54 Å². The Kier molecular flexibility index (Phi) is 6.71. The monoisotopic (exact) mass is 384 g/mol. The Morgan fingerprint density at radius 1 is 1.27 bits per heavy atom. The highest BCUT2D eigenvalue weighted by Crippen LogP contribution is 2.38. The fraction of sp³-hybridized carbons (Fsp3) is 0.778. The van der Waals surface area contributed by atoms with Crippen LogP contribution in [-0.4, -0.2) is 80.9 Å². The van der Waals surface area contributed by atoms with E-state index in [1.165, 1.54) is 4.90 Å². The number of hydrogen-bond donors (Lipinski definition) is 1. The lowest BCUT2D eigenvalue weighted by Crippen LogP contribution is -2.60. The van der Waals surface area contributed by atoms with Crippen molar-refractivity contribution in [2.45, 2.75) is 43.8 Å². The summed E-state index contributed by atoms with van der Waals surface area (Å²) in [6.45, 7) is 7.26. The molecule has 0 bridgehead atoms. The summed E-state index contributed by atoms with van der Waals surface area (Å²) in [6, 6.07) is 0. The van der Waals surface area contributed by atoms with Crippen LogP contribution < -0.4 is 5.32 Å². The van der Waals surface area contributed by atoms with Crippen molar-refractivity contribution in [2.24, 2.45) is 4.99 Å². The second kappa shape index (κ2) is 8.41. The zero-order valence-corrected chi connectivity index (χ0v) is 17.1. The van der Waals surface area contributed by atoms with Crippen molar-refractivity contribution in [2.75, 3.05) is 46.0 Å². The molecule has 1 saturated heterocycles. The summed E-state index contributed by atoms with van der Waals surface area (Å²) in [6.07, 6.45) is 4.45. The van der Waals surface area contributed by atoms with Gasteiger partial charge < -0.3 is 15.1 Å². The number of rotatable bonds is 4. The minimum atomic E-state index is -3.11. The second-order valence-corrected chi connectivity index (χ2v) is 10.2. The van der Waals surface area contributed by atoms with Crippen molar-refractivity contribution in [3.05, 3.63) is 12.2 Å². The van der Waals surface area contributed by atoms with Gasteiger partial charge in [-0.3, -0.25) is 4.79 Å². The number of carbonyl (C=O) groups is 1. The van der Waals surface area contributed by atoms with E-state index in [1.54, 1.807) is 14.1 Å². The Balaban J connectivity index is 2.21. The predicted octanol–water partition coefficient (Wildman–Crippen LogP) is 1.03. The van der Waals surface area contributed by atoms with E-state index in [9.17, 15) is 13.2 Å². The van der Waals surface area contributed by atoms with Crippen LogP contribution in [0, 0.1) is 0 Å². The highest BCUT2D eigenvalue weighted by molar-refractivity contribution is 7.92. The zero-order valence-electron chi connectivity index (χ0n) is 16.3. The van der Waals surface area contributed by atoms with Gasteiger partial charge in [0.15, 0.2) is 15.8 Å². The first-order chi connectivity index (χ1) is 12.2. The normalized spacial score (nSPS) is 22.1. The van der Waals surface area contributed by atoms with E-state index >= 15 is 0 Å². The van der Waals surface area contributed by atoms with E-state index in [-0.39, 0.29) is 18.2 Å². The molecule has 0 unspecified atom stereocenters. The molecule has 26 heavy (non-hydrogen) atoms. The maximum atomic E-state index is 12.8. The van der Waals surface area contributed by atoms with E-state index in [0.29, 0.717) is 25.6 Å². The molecule has 2 fully saturated rings. The van der Waals surface area contributed by atoms with Gasteiger partial charge in [-0.15, -0.1) is 0 Å². The lowest BCUT2D eigenvalue weighted by atomic mass is 9.87. The molecule has 0 aromatic carbocycles. The summed E-state index contributed by atoms with van der Waals surface area (Å²) in [5, 5.41) is 3.24. The number of sulfone groups is 1. The van der Waals surface area contributed by atoms with Gasteiger partial charge in [-0.1, -0.05) is 31.4 Å². The summed E-state index contributed by atoms with van der Waals surface area (Å²) in [7, 11) is 0.290. The topological polar surface area (TPSA) is 82.1 Å². The second-order valence-electron chi connectivity index (χ2n) is 7.72. The molecule has 2 aliphatic rings. The molecule has 0 radical (unpaired) electrons.